The predicted molar refractivity (Wildman–Crippen MR) is 83.1 cm³/mol. The van der Waals surface area contributed by atoms with E-state index < -0.39 is 0 Å². The molecule has 0 unspecified atom stereocenters. The van der Waals surface area contributed by atoms with Crippen molar-refractivity contribution in [3.05, 3.63) is 54.4 Å². The van der Waals surface area contributed by atoms with E-state index in [0.717, 1.165) is 11.3 Å². The number of hydrogen-bond donors (Lipinski definition) is 1. The summed E-state index contributed by atoms with van der Waals surface area (Å²) in [4.78, 5) is 15.6. The Morgan fingerprint density at radius 1 is 1.14 bits per heavy atom. The SMILES string of the molecule is COc1ccc(OCC(=O)N/N=C(/C)c2ccncc2)cc1. The number of carbonyl (C=O) groups is 1. The summed E-state index contributed by atoms with van der Waals surface area (Å²) in [5.74, 6) is 0.990. The number of carbonyl (C=O) groups excluding carboxylic acids is 1. The van der Waals surface area contributed by atoms with E-state index in [1.165, 1.54) is 0 Å². The van der Waals surface area contributed by atoms with Crippen molar-refractivity contribution in [3.63, 3.8) is 0 Å². The molecule has 0 aliphatic carbocycles. The van der Waals surface area contributed by atoms with E-state index in [2.05, 4.69) is 15.5 Å². The third kappa shape index (κ3) is 4.59. The van der Waals surface area contributed by atoms with Crippen LogP contribution in [0, 0.1) is 0 Å². The van der Waals surface area contributed by atoms with Crippen LogP contribution in [0.25, 0.3) is 0 Å². The Morgan fingerprint density at radius 2 is 1.77 bits per heavy atom. The second-order valence-corrected chi connectivity index (χ2v) is 4.43. The molecule has 2 rings (SSSR count). The zero-order valence-corrected chi connectivity index (χ0v) is 12.4. The van der Waals surface area contributed by atoms with Gasteiger partial charge in [-0.05, 0) is 43.3 Å². The van der Waals surface area contributed by atoms with Crippen LogP contribution in [0.15, 0.2) is 53.9 Å². The maximum Gasteiger partial charge on any atom is 0.277 e. The third-order valence-corrected chi connectivity index (χ3v) is 2.88. The molecule has 0 aliphatic heterocycles. The number of ether oxygens (including phenoxy) is 2. The zero-order chi connectivity index (χ0) is 15.8. The first-order valence-electron chi connectivity index (χ1n) is 6.69. The standard InChI is InChI=1S/C16H17N3O3/c1-12(13-7-9-17-10-8-13)18-19-16(20)11-22-15-5-3-14(21-2)4-6-15/h3-10H,11H2,1-2H3,(H,19,20)/b18-12-. The Bertz CT molecular complexity index is 639. The van der Waals surface area contributed by atoms with Crippen LogP contribution in [-0.4, -0.2) is 30.3 Å². The Hall–Kier alpha value is -2.89. The number of pyridine rings is 1. The van der Waals surface area contributed by atoms with Gasteiger partial charge in [0.1, 0.15) is 11.5 Å². The molecule has 6 heteroatoms. The van der Waals surface area contributed by atoms with E-state index in [1.807, 2.05) is 12.1 Å². The third-order valence-electron chi connectivity index (χ3n) is 2.88. The zero-order valence-electron chi connectivity index (χ0n) is 12.4. The number of amides is 1. The molecule has 0 fully saturated rings. The average Bonchev–Trinajstić information content (AvgIpc) is 2.59. The van der Waals surface area contributed by atoms with Gasteiger partial charge < -0.3 is 9.47 Å². The molecule has 1 amide bonds. The van der Waals surface area contributed by atoms with Crippen LogP contribution in [-0.2, 0) is 4.79 Å². The van der Waals surface area contributed by atoms with Crippen molar-refractivity contribution in [2.45, 2.75) is 6.92 Å². The van der Waals surface area contributed by atoms with Crippen molar-refractivity contribution in [2.24, 2.45) is 5.10 Å². The van der Waals surface area contributed by atoms with Gasteiger partial charge in [-0.1, -0.05) is 0 Å². The summed E-state index contributed by atoms with van der Waals surface area (Å²) in [7, 11) is 1.59. The van der Waals surface area contributed by atoms with Crippen LogP contribution in [0.2, 0.25) is 0 Å². The van der Waals surface area contributed by atoms with Crippen LogP contribution in [0.3, 0.4) is 0 Å². The summed E-state index contributed by atoms with van der Waals surface area (Å²) < 4.78 is 10.4. The predicted octanol–water partition coefficient (Wildman–Crippen LogP) is 2.01. The van der Waals surface area contributed by atoms with Crippen molar-refractivity contribution in [1.82, 2.24) is 10.4 Å². The lowest BCUT2D eigenvalue weighted by Crippen LogP contribution is -2.25. The number of aromatic nitrogens is 1. The molecule has 0 atom stereocenters. The van der Waals surface area contributed by atoms with E-state index >= 15 is 0 Å². The van der Waals surface area contributed by atoms with E-state index in [-0.39, 0.29) is 12.5 Å². The Morgan fingerprint density at radius 3 is 2.41 bits per heavy atom. The van der Waals surface area contributed by atoms with Crippen molar-refractivity contribution in [1.29, 1.82) is 0 Å². The molecule has 114 valence electrons. The van der Waals surface area contributed by atoms with Gasteiger partial charge in [0.15, 0.2) is 6.61 Å². The average molecular weight is 299 g/mol. The fourth-order valence-corrected chi connectivity index (χ4v) is 1.66. The van der Waals surface area contributed by atoms with Gasteiger partial charge in [0.05, 0.1) is 12.8 Å². The first kappa shape index (κ1) is 15.5. The van der Waals surface area contributed by atoms with Crippen molar-refractivity contribution in [3.8, 4) is 11.5 Å². The van der Waals surface area contributed by atoms with E-state index in [1.54, 1.807) is 50.7 Å². The number of hydrogen-bond acceptors (Lipinski definition) is 5. The van der Waals surface area contributed by atoms with Gasteiger partial charge in [-0.2, -0.15) is 5.10 Å². The molecule has 0 saturated heterocycles. The lowest BCUT2D eigenvalue weighted by atomic mass is 10.2. The van der Waals surface area contributed by atoms with E-state index in [9.17, 15) is 4.79 Å². The van der Waals surface area contributed by atoms with Crippen molar-refractivity contribution >= 4 is 11.6 Å². The normalized spacial score (nSPS) is 10.9. The summed E-state index contributed by atoms with van der Waals surface area (Å²) >= 11 is 0. The summed E-state index contributed by atoms with van der Waals surface area (Å²) in [5.41, 5.74) is 4.04. The van der Waals surface area contributed by atoms with E-state index in [4.69, 9.17) is 9.47 Å². The highest BCUT2D eigenvalue weighted by Crippen LogP contribution is 2.16. The monoisotopic (exact) mass is 299 g/mol. The highest BCUT2D eigenvalue weighted by molar-refractivity contribution is 5.99. The fraction of sp³-hybridized carbons (Fsp3) is 0.188. The molecule has 0 aliphatic rings. The lowest BCUT2D eigenvalue weighted by molar-refractivity contribution is -0.123. The number of hydrazone groups is 1. The molecular weight excluding hydrogens is 282 g/mol. The van der Waals surface area contributed by atoms with Gasteiger partial charge in [0.2, 0.25) is 0 Å². The largest absolute Gasteiger partial charge is 0.497 e. The molecule has 0 saturated carbocycles. The first-order valence-corrected chi connectivity index (χ1v) is 6.69. The minimum absolute atomic E-state index is 0.112. The van der Waals surface area contributed by atoms with Crippen molar-refractivity contribution in [2.75, 3.05) is 13.7 Å². The van der Waals surface area contributed by atoms with Crippen LogP contribution in [0.4, 0.5) is 0 Å². The molecule has 1 aromatic heterocycles. The highest BCUT2D eigenvalue weighted by atomic mass is 16.5. The maximum absolute atomic E-state index is 11.7. The summed E-state index contributed by atoms with van der Waals surface area (Å²) in [6, 6.07) is 10.6. The van der Waals surface area contributed by atoms with E-state index in [0.29, 0.717) is 11.5 Å². The molecular formula is C16H17N3O3. The lowest BCUT2D eigenvalue weighted by Gasteiger charge is -2.06. The molecule has 0 radical (unpaired) electrons. The van der Waals surface area contributed by atoms with Gasteiger partial charge in [0.25, 0.3) is 5.91 Å². The van der Waals surface area contributed by atoms with Gasteiger partial charge in [-0.3, -0.25) is 9.78 Å². The number of methoxy groups -OCH3 is 1. The molecule has 0 spiro atoms. The molecule has 1 heterocycles. The fourth-order valence-electron chi connectivity index (χ4n) is 1.66. The van der Waals surface area contributed by atoms with Gasteiger partial charge in [-0.25, -0.2) is 5.43 Å². The maximum atomic E-state index is 11.7. The molecule has 1 aromatic carbocycles. The second kappa shape index (κ2) is 7.78. The Kier molecular flexibility index (Phi) is 5.48. The molecule has 6 nitrogen and oxygen atoms in total. The van der Waals surface area contributed by atoms with Gasteiger partial charge >= 0.3 is 0 Å². The smallest absolute Gasteiger partial charge is 0.277 e. The quantitative estimate of drug-likeness (QED) is 0.654. The number of nitrogens with one attached hydrogen (secondary N) is 1. The highest BCUT2D eigenvalue weighted by Gasteiger charge is 2.03. The first-order chi connectivity index (χ1) is 10.7. The molecule has 22 heavy (non-hydrogen) atoms. The molecule has 1 N–H and O–H groups in total. The number of nitrogens with zero attached hydrogens (tertiary/aromatic N) is 2. The molecule has 0 bridgehead atoms. The second-order valence-electron chi connectivity index (χ2n) is 4.43. The summed E-state index contributed by atoms with van der Waals surface area (Å²) in [6.07, 6.45) is 3.34. The molecule has 2 aromatic rings. The summed E-state index contributed by atoms with van der Waals surface area (Å²) in [5, 5.41) is 4.02. The minimum atomic E-state index is -0.329. The van der Waals surface area contributed by atoms with Crippen LogP contribution in [0.5, 0.6) is 11.5 Å². The van der Waals surface area contributed by atoms with Crippen LogP contribution >= 0.6 is 0 Å². The van der Waals surface area contributed by atoms with Gasteiger partial charge in [0, 0.05) is 18.0 Å². The van der Waals surface area contributed by atoms with Crippen LogP contribution in [0.1, 0.15) is 12.5 Å². The number of benzene rings is 1. The van der Waals surface area contributed by atoms with Crippen LogP contribution < -0.4 is 14.9 Å². The van der Waals surface area contributed by atoms with Gasteiger partial charge in [-0.15, -0.1) is 0 Å². The summed E-state index contributed by atoms with van der Waals surface area (Å²) in [6.45, 7) is 1.69. The minimum Gasteiger partial charge on any atom is -0.497 e. The topological polar surface area (TPSA) is 72.8 Å². The van der Waals surface area contributed by atoms with Crippen molar-refractivity contribution < 1.29 is 14.3 Å². The Balaban J connectivity index is 1.82. The Labute approximate surface area is 128 Å². The number of rotatable bonds is 6.